The van der Waals surface area contributed by atoms with Crippen LogP contribution in [0.1, 0.15) is 11.1 Å². The van der Waals surface area contributed by atoms with Gasteiger partial charge in [0.25, 0.3) is 0 Å². The predicted molar refractivity (Wildman–Crippen MR) is 80.8 cm³/mol. The van der Waals surface area contributed by atoms with Crippen LogP contribution in [0.15, 0.2) is 54.6 Å². The minimum atomic E-state index is -0.513. The molecule has 0 aliphatic heterocycles. The van der Waals surface area contributed by atoms with Crippen LogP contribution in [0.2, 0.25) is 0 Å². The molecule has 1 unspecified atom stereocenters. The van der Waals surface area contributed by atoms with Gasteiger partial charge in [-0.15, -0.1) is 0 Å². The standard InChI is InChI=1S/C17H21NO2/c1-14-7-9-15(10-8-14)11-18-12-16(19)13-20-17-5-3-2-4-6-17/h2-10,16,18-19H,11-13H2,1H3. The number of hydrogen-bond donors (Lipinski definition) is 2. The van der Waals surface area contributed by atoms with Crippen molar-refractivity contribution in [1.82, 2.24) is 5.32 Å². The molecule has 20 heavy (non-hydrogen) atoms. The molecular formula is C17H21NO2. The van der Waals surface area contributed by atoms with Gasteiger partial charge in [-0.05, 0) is 24.6 Å². The summed E-state index contributed by atoms with van der Waals surface area (Å²) in [6, 6.07) is 17.9. The van der Waals surface area contributed by atoms with Crippen molar-refractivity contribution in [1.29, 1.82) is 0 Å². The van der Waals surface area contributed by atoms with Gasteiger partial charge in [0.15, 0.2) is 0 Å². The SMILES string of the molecule is Cc1ccc(CNCC(O)COc2ccccc2)cc1. The van der Waals surface area contributed by atoms with E-state index in [2.05, 4.69) is 36.5 Å². The van der Waals surface area contributed by atoms with Gasteiger partial charge in [0, 0.05) is 13.1 Å². The van der Waals surface area contributed by atoms with Crippen molar-refractivity contribution in [3.63, 3.8) is 0 Å². The first kappa shape index (κ1) is 14.6. The molecule has 106 valence electrons. The fraction of sp³-hybridized carbons (Fsp3) is 0.294. The maximum atomic E-state index is 9.85. The van der Waals surface area contributed by atoms with E-state index in [1.165, 1.54) is 11.1 Å². The Morgan fingerprint density at radius 2 is 1.75 bits per heavy atom. The van der Waals surface area contributed by atoms with Crippen molar-refractivity contribution >= 4 is 0 Å². The molecule has 1 atom stereocenters. The zero-order chi connectivity index (χ0) is 14.2. The Morgan fingerprint density at radius 3 is 2.45 bits per heavy atom. The van der Waals surface area contributed by atoms with Gasteiger partial charge in [-0.25, -0.2) is 0 Å². The highest BCUT2D eigenvalue weighted by Crippen LogP contribution is 2.08. The molecule has 0 heterocycles. The van der Waals surface area contributed by atoms with E-state index in [-0.39, 0.29) is 0 Å². The first-order valence-electron chi connectivity index (χ1n) is 6.86. The first-order chi connectivity index (χ1) is 9.74. The second-order valence-electron chi connectivity index (χ2n) is 4.89. The lowest BCUT2D eigenvalue weighted by molar-refractivity contribution is 0.106. The van der Waals surface area contributed by atoms with Crippen LogP contribution >= 0.6 is 0 Å². The Labute approximate surface area is 120 Å². The summed E-state index contributed by atoms with van der Waals surface area (Å²) in [4.78, 5) is 0. The highest BCUT2D eigenvalue weighted by Gasteiger charge is 2.04. The van der Waals surface area contributed by atoms with Crippen LogP contribution < -0.4 is 10.1 Å². The third kappa shape index (κ3) is 5.03. The molecule has 0 aliphatic carbocycles. The fourth-order valence-electron chi connectivity index (χ4n) is 1.86. The lowest BCUT2D eigenvalue weighted by atomic mass is 10.1. The Morgan fingerprint density at radius 1 is 1.05 bits per heavy atom. The van der Waals surface area contributed by atoms with Gasteiger partial charge in [0.05, 0.1) is 0 Å². The lowest BCUT2D eigenvalue weighted by Crippen LogP contribution is -2.31. The van der Waals surface area contributed by atoms with E-state index in [1.54, 1.807) is 0 Å². The Kier molecular flexibility index (Phi) is 5.59. The molecule has 0 amide bonds. The number of nitrogens with one attached hydrogen (secondary N) is 1. The molecule has 0 saturated heterocycles. The van der Waals surface area contributed by atoms with Crippen molar-refractivity contribution in [2.24, 2.45) is 0 Å². The molecule has 0 radical (unpaired) electrons. The summed E-state index contributed by atoms with van der Waals surface area (Å²) in [5.74, 6) is 0.782. The van der Waals surface area contributed by atoms with Crippen LogP contribution in [0, 0.1) is 6.92 Å². The largest absolute Gasteiger partial charge is 0.491 e. The van der Waals surface area contributed by atoms with Gasteiger partial charge in [0.1, 0.15) is 18.5 Å². The van der Waals surface area contributed by atoms with E-state index in [9.17, 15) is 5.11 Å². The number of hydrogen-bond acceptors (Lipinski definition) is 3. The number of rotatable bonds is 7. The van der Waals surface area contributed by atoms with E-state index < -0.39 is 6.10 Å². The Bertz CT molecular complexity index is 496. The molecular weight excluding hydrogens is 250 g/mol. The Hall–Kier alpha value is -1.84. The molecule has 3 heteroatoms. The smallest absolute Gasteiger partial charge is 0.119 e. The minimum Gasteiger partial charge on any atom is -0.491 e. The van der Waals surface area contributed by atoms with Crippen molar-refractivity contribution in [2.75, 3.05) is 13.2 Å². The summed E-state index contributed by atoms with van der Waals surface area (Å²) in [6.45, 7) is 3.64. The van der Waals surface area contributed by atoms with Gasteiger partial charge < -0.3 is 15.2 Å². The van der Waals surface area contributed by atoms with Crippen molar-refractivity contribution in [3.8, 4) is 5.75 Å². The van der Waals surface area contributed by atoms with Crippen LogP contribution in [-0.2, 0) is 6.54 Å². The molecule has 0 fully saturated rings. The number of ether oxygens (including phenoxy) is 1. The molecule has 2 N–H and O–H groups in total. The lowest BCUT2D eigenvalue weighted by Gasteiger charge is -2.13. The summed E-state index contributed by atoms with van der Waals surface area (Å²) in [7, 11) is 0. The van der Waals surface area contributed by atoms with Crippen LogP contribution in [0.3, 0.4) is 0 Å². The topological polar surface area (TPSA) is 41.5 Å². The zero-order valence-corrected chi connectivity index (χ0v) is 11.8. The number of para-hydroxylation sites is 1. The highest BCUT2D eigenvalue weighted by atomic mass is 16.5. The molecule has 2 aromatic rings. The van der Waals surface area contributed by atoms with E-state index in [0.29, 0.717) is 13.2 Å². The molecule has 0 spiro atoms. The molecule has 0 aromatic heterocycles. The van der Waals surface area contributed by atoms with Crippen molar-refractivity contribution in [2.45, 2.75) is 19.6 Å². The summed E-state index contributed by atoms with van der Waals surface area (Å²) in [6.07, 6.45) is -0.513. The number of aryl methyl sites for hydroxylation is 1. The summed E-state index contributed by atoms with van der Waals surface area (Å²) in [5.41, 5.74) is 2.47. The number of benzene rings is 2. The maximum absolute atomic E-state index is 9.85. The highest BCUT2D eigenvalue weighted by molar-refractivity contribution is 5.21. The van der Waals surface area contributed by atoms with Crippen LogP contribution in [0.4, 0.5) is 0 Å². The normalized spacial score (nSPS) is 12.1. The van der Waals surface area contributed by atoms with Crippen LogP contribution in [0.5, 0.6) is 5.75 Å². The quantitative estimate of drug-likeness (QED) is 0.813. The molecule has 0 saturated carbocycles. The van der Waals surface area contributed by atoms with E-state index >= 15 is 0 Å². The van der Waals surface area contributed by atoms with E-state index in [0.717, 1.165) is 12.3 Å². The van der Waals surface area contributed by atoms with E-state index in [4.69, 9.17) is 4.74 Å². The fourth-order valence-corrected chi connectivity index (χ4v) is 1.86. The summed E-state index contributed by atoms with van der Waals surface area (Å²) in [5, 5.41) is 13.1. The molecule has 0 aliphatic rings. The van der Waals surface area contributed by atoms with E-state index in [1.807, 2.05) is 30.3 Å². The number of aliphatic hydroxyl groups excluding tert-OH is 1. The third-order valence-corrected chi connectivity index (χ3v) is 3.02. The second kappa shape index (κ2) is 7.68. The maximum Gasteiger partial charge on any atom is 0.119 e. The van der Waals surface area contributed by atoms with Gasteiger partial charge in [-0.1, -0.05) is 48.0 Å². The second-order valence-corrected chi connectivity index (χ2v) is 4.89. The zero-order valence-electron chi connectivity index (χ0n) is 11.8. The van der Waals surface area contributed by atoms with Crippen LogP contribution in [-0.4, -0.2) is 24.4 Å². The predicted octanol–water partition coefficient (Wildman–Crippen LogP) is 2.52. The van der Waals surface area contributed by atoms with Gasteiger partial charge in [-0.2, -0.15) is 0 Å². The molecule has 2 rings (SSSR count). The molecule has 3 nitrogen and oxygen atoms in total. The van der Waals surface area contributed by atoms with Crippen molar-refractivity contribution < 1.29 is 9.84 Å². The summed E-state index contributed by atoms with van der Waals surface area (Å²) >= 11 is 0. The van der Waals surface area contributed by atoms with Crippen LogP contribution in [0.25, 0.3) is 0 Å². The van der Waals surface area contributed by atoms with Gasteiger partial charge >= 0.3 is 0 Å². The monoisotopic (exact) mass is 271 g/mol. The van der Waals surface area contributed by atoms with Crippen molar-refractivity contribution in [3.05, 3.63) is 65.7 Å². The summed E-state index contributed by atoms with van der Waals surface area (Å²) < 4.78 is 5.50. The third-order valence-electron chi connectivity index (χ3n) is 3.02. The van der Waals surface area contributed by atoms with Gasteiger partial charge in [0.2, 0.25) is 0 Å². The Balaban J connectivity index is 1.65. The van der Waals surface area contributed by atoms with Gasteiger partial charge in [-0.3, -0.25) is 0 Å². The average Bonchev–Trinajstić information content (AvgIpc) is 2.48. The average molecular weight is 271 g/mol. The molecule has 0 bridgehead atoms. The number of aliphatic hydroxyl groups is 1. The molecule has 2 aromatic carbocycles. The minimum absolute atomic E-state index is 0.297. The first-order valence-corrected chi connectivity index (χ1v) is 6.86.